The number of rotatable bonds is 19. The summed E-state index contributed by atoms with van der Waals surface area (Å²) in [5.41, 5.74) is 10.4. The minimum atomic E-state index is -1.20. The quantitative estimate of drug-likeness (QED) is 0.0213. The molecule has 420 valence electrons. The highest BCUT2D eigenvalue weighted by molar-refractivity contribution is 5.90. The van der Waals surface area contributed by atoms with Gasteiger partial charge in [0.05, 0.1) is 25.5 Å². The zero-order chi connectivity index (χ0) is 55.0. The van der Waals surface area contributed by atoms with Crippen molar-refractivity contribution in [2.24, 2.45) is 5.92 Å². The summed E-state index contributed by atoms with van der Waals surface area (Å²) in [7, 11) is 0. The highest BCUT2D eigenvalue weighted by atomic mass is 16.6. The lowest BCUT2D eigenvalue weighted by atomic mass is 9.62. The third-order valence-corrected chi connectivity index (χ3v) is 17.8. The standard InChI is InChI=1S/C67H79N5O8/c1-41(2)34-66(3,76)38-69-39-71-59-17-9-10-29-77-58-32-45(19-24-57(58)75)65-67(59,78-40-72-47-15-7-8-16-47)35-54-51-33-53-60(44-18-23-55-43(30-44)26-28-70-55)46(36-68-27-11-14-42-12-5-4-6-13-42)31-52-56(74)25-22-49(61(52)53)62(51)64-50(63(54)80-65)21-20-48(37-73)79-64/h4-6,12-13,18-19,22-26,28,30-32,41,47-48,53,59-60,65,68-76H,7-8,10-11,14-16,20-21,27,29,33-40H2,1-3H3/t48-,53+,59-,60-,65+,66+,67-/m0/s1. The van der Waals surface area contributed by atoms with E-state index in [1.807, 2.05) is 31.3 Å². The molecule has 0 amide bonds. The number of phenols is 2. The Morgan fingerprint density at radius 3 is 2.56 bits per heavy atom. The average molecular weight is 1080 g/mol. The van der Waals surface area contributed by atoms with E-state index in [-0.39, 0.29) is 43.3 Å². The summed E-state index contributed by atoms with van der Waals surface area (Å²) in [5, 5.41) is 61.8. The van der Waals surface area contributed by atoms with Gasteiger partial charge in [0.2, 0.25) is 0 Å². The fourth-order valence-corrected chi connectivity index (χ4v) is 14.2. The van der Waals surface area contributed by atoms with Gasteiger partial charge in [0.25, 0.3) is 0 Å². The molecule has 0 radical (unpaired) electrons. The first kappa shape index (κ1) is 54.3. The first-order valence-corrected chi connectivity index (χ1v) is 29.5. The molecule has 9 N–H and O–H groups in total. The Balaban J connectivity index is 1.02. The number of fused-ring (bicyclic) bond motifs is 12. The SMILES string of the molecule is CC(C)C[C@@](C)(O)CNCN[C@H]1C#CCCOc2cc(ccc2O)[C@H]2Oc3c(c4c(c5c3CC[C@@H](CO)O5)-c3ccc(O)c5c3[C@H](C4)[C@@H](c3ccc4[nH]ccc4c3)C(CNCCCc3ccccc3)=C5)C[C@]12OCNC1CCCC1. The highest BCUT2D eigenvalue weighted by Gasteiger charge is 2.55. The van der Waals surface area contributed by atoms with Crippen LogP contribution in [0.25, 0.3) is 28.1 Å². The van der Waals surface area contributed by atoms with Crippen LogP contribution >= 0.6 is 0 Å². The summed E-state index contributed by atoms with van der Waals surface area (Å²) in [6, 6.07) is 28.7. The fraction of sp³-hybridized carbons (Fsp3) is 0.463. The van der Waals surface area contributed by atoms with Crippen molar-refractivity contribution in [3.8, 4) is 51.7 Å². The molecule has 7 atom stereocenters. The maximum absolute atomic E-state index is 12.1. The van der Waals surface area contributed by atoms with E-state index >= 15 is 0 Å². The number of aromatic amines is 1. The number of nitrogens with one attached hydrogen (secondary N) is 5. The van der Waals surface area contributed by atoms with Crippen LogP contribution in [0.5, 0.6) is 28.7 Å². The van der Waals surface area contributed by atoms with Gasteiger partial charge in [-0.2, -0.15) is 0 Å². The van der Waals surface area contributed by atoms with Crippen molar-refractivity contribution in [2.45, 2.75) is 145 Å². The van der Waals surface area contributed by atoms with Crippen LogP contribution in [0.4, 0.5) is 0 Å². The Hall–Kier alpha value is -6.34. The van der Waals surface area contributed by atoms with Crippen LogP contribution in [0.2, 0.25) is 0 Å². The van der Waals surface area contributed by atoms with E-state index in [1.54, 1.807) is 6.07 Å². The molecule has 13 nitrogen and oxygen atoms in total. The van der Waals surface area contributed by atoms with Gasteiger partial charge in [-0.15, -0.1) is 0 Å². The number of H-pyrrole nitrogens is 1. The number of aliphatic hydroxyl groups is 2. The summed E-state index contributed by atoms with van der Waals surface area (Å²) in [5.74, 6) is 9.38. The predicted molar refractivity (Wildman–Crippen MR) is 313 cm³/mol. The number of hydrogen-bond acceptors (Lipinski definition) is 12. The molecular weight excluding hydrogens is 1000 g/mol. The van der Waals surface area contributed by atoms with Gasteiger partial charge in [0.1, 0.15) is 35.0 Å². The Morgan fingerprint density at radius 2 is 1.73 bits per heavy atom. The van der Waals surface area contributed by atoms with E-state index in [2.05, 4.69) is 119 Å². The van der Waals surface area contributed by atoms with Crippen molar-refractivity contribution in [3.05, 3.63) is 141 Å². The third kappa shape index (κ3) is 10.8. The summed E-state index contributed by atoms with van der Waals surface area (Å²) in [6.45, 7) is 8.69. The fourth-order valence-electron chi connectivity index (χ4n) is 14.2. The molecule has 0 saturated heterocycles. The molecule has 1 fully saturated rings. The maximum atomic E-state index is 12.1. The van der Waals surface area contributed by atoms with Crippen molar-refractivity contribution in [1.82, 2.24) is 26.3 Å². The van der Waals surface area contributed by atoms with Gasteiger partial charge >= 0.3 is 0 Å². The molecule has 5 aromatic carbocycles. The lowest BCUT2D eigenvalue weighted by Gasteiger charge is -2.50. The molecule has 80 heavy (non-hydrogen) atoms. The van der Waals surface area contributed by atoms with Gasteiger partial charge in [-0.3, -0.25) is 10.6 Å². The number of aromatic nitrogens is 1. The van der Waals surface area contributed by atoms with Gasteiger partial charge in [0, 0.05) is 78.5 Å². The molecule has 12 rings (SSSR count). The molecular formula is C67H79N5O8. The van der Waals surface area contributed by atoms with Crippen LogP contribution in [0.1, 0.15) is 135 Å². The van der Waals surface area contributed by atoms with Crippen LogP contribution in [0.3, 0.4) is 0 Å². The Kier molecular flexibility index (Phi) is 15.8. The molecule has 3 aliphatic heterocycles. The summed E-state index contributed by atoms with van der Waals surface area (Å²) in [6.07, 6.45) is 12.7. The molecule has 0 unspecified atom stereocenters. The Morgan fingerprint density at radius 1 is 0.887 bits per heavy atom. The minimum absolute atomic E-state index is 0.0337. The van der Waals surface area contributed by atoms with Crippen LogP contribution in [0.15, 0.2) is 96.7 Å². The number of aromatic hydroxyl groups is 2. The van der Waals surface area contributed by atoms with E-state index < -0.39 is 29.5 Å². The van der Waals surface area contributed by atoms with Crippen LogP contribution in [0, 0.1) is 17.8 Å². The first-order chi connectivity index (χ1) is 39.0. The molecule has 1 aromatic heterocycles. The van der Waals surface area contributed by atoms with Crippen molar-refractivity contribution in [3.63, 3.8) is 0 Å². The van der Waals surface area contributed by atoms with Gasteiger partial charge < -0.3 is 55.0 Å². The highest BCUT2D eigenvalue weighted by Crippen LogP contribution is 2.62. The van der Waals surface area contributed by atoms with Crippen molar-refractivity contribution in [1.29, 1.82) is 0 Å². The maximum Gasteiger partial charge on any atom is 0.161 e. The zero-order valence-corrected chi connectivity index (χ0v) is 46.6. The first-order valence-electron chi connectivity index (χ1n) is 29.5. The number of aliphatic hydroxyl groups excluding tert-OH is 1. The predicted octanol–water partition coefficient (Wildman–Crippen LogP) is 9.98. The molecule has 6 aromatic rings. The Bertz CT molecular complexity index is 3300. The van der Waals surface area contributed by atoms with Crippen molar-refractivity contribution >= 4 is 17.0 Å². The van der Waals surface area contributed by atoms with Gasteiger partial charge in [-0.05, 0) is 163 Å². The normalized spacial score (nSPS) is 23.6. The number of phenolic OH excluding ortho intramolecular Hbond substituents is 2. The molecule has 3 aliphatic carbocycles. The van der Waals surface area contributed by atoms with E-state index in [1.165, 1.54) is 29.5 Å². The largest absolute Gasteiger partial charge is 0.507 e. The second-order valence-corrected chi connectivity index (χ2v) is 24.1. The number of benzene rings is 5. The van der Waals surface area contributed by atoms with Crippen molar-refractivity contribution < 1.29 is 39.4 Å². The molecule has 13 heteroatoms. The molecule has 6 aliphatic rings. The van der Waals surface area contributed by atoms with Gasteiger partial charge in [-0.25, -0.2) is 0 Å². The average Bonchev–Trinajstić information content (AvgIpc) is 3.02. The van der Waals surface area contributed by atoms with E-state index in [0.717, 1.165) is 93.4 Å². The lowest BCUT2D eigenvalue weighted by Crippen LogP contribution is -2.62. The minimum Gasteiger partial charge on any atom is -0.507 e. The van der Waals surface area contributed by atoms with E-state index in [0.29, 0.717) is 81.7 Å². The molecule has 2 bridgehead atoms. The van der Waals surface area contributed by atoms with E-state index in [9.17, 15) is 20.4 Å². The summed E-state index contributed by atoms with van der Waals surface area (Å²) in [4.78, 5) is 3.42. The zero-order valence-electron chi connectivity index (χ0n) is 46.6. The molecule has 4 heterocycles. The van der Waals surface area contributed by atoms with Crippen molar-refractivity contribution in [2.75, 3.05) is 46.2 Å². The number of aryl methyl sites for hydroxylation is 1. The van der Waals surface area contributed by atoms with Gasteiger partial charge in [0.15, 0.2) is 17.6 Å². The smallest absolute Gasteiger partial charge is 0.161 e. The van der Waals surface area contributed by atoms with Gasteiger partial charge in [-0.1, -0.05) is 87.1 Å². The lowest BCUT2D eigenvalue weighted by molar-refractivity contribution is -0.143. The molecule has 0 spiro atoms. The van der Waals surface area contributed by atoms with E-state index in [4.69, 9.17) is 18.9 Å². The second-order valence-electron chi connectivity index (χ2n) is 24.1. The summed E-state index contributed by atoms with van der Waals surface area (Å²) < 4.78 is 28.7. The van der Waals surface area contributed by atoms with Crippen LogP contribution in [-0.2, 0) is 30.4 Å². The summed E-state index contributed by atoms with van der Waals surface area (Å²) >= 11 is 0. The monoisotopic (exact) mass is 1080 g/mol. The van der Waals surface area contributed by atoms with Crippen LogP contribution in [-0.4, -0.2) is 101 Å². The topological polar surface area (TPSA) is 182 Å². The number of hydrogen-bond donors (Lipinski definition) is 9. The third-order valence-electron chi connectivity index (χ3n) is 17.8. The number of ether oxygens (including phenoxy) is 4. The van der Waals surface area contributed by atoms with Crippen LogP contribution < -0.4 is 35.5 Å². The second kappa shape index (κ2) is 23.3. The Labute approximate surface area is 470 Å². The molecule has 1 saturated carbocycles.